The van der Waals surface area contributed by atoms with Gasteiger partial charge in [-0.2, -0.15) is 0 Å². The van der Waals surface area contributed by atoms with Gasteiger partial charge in [0.2, 0.25) is 0 Å². The number of aldehydes is 1. The number of carbonyl (C=O) groups is 1. The number of imidazole rings is 1. The lowest BCUT2D eigenvalue weighted by Gasteiger charge is -2.04. The van der Waals surface area contributed by atoms with Crippen molar-refractivity contribution in [2.24, 2.45) is 7.05 Å². The SMILES string of the molecule is Cn1cnc2ccc(-c3ccc(C=O)c(F)c3)cc21. The average Bonchev–Trinajstić information content (AvgIpc) is 2.80. The van der Waals surface area contributed by atoms with Crippen molar-refractivity contribution in [2.75, 3.05) is 0 Å². The fraction of sp³-hybridized carbons (Fsp3) is 0.0667. The Morgan fingerprint density at radius 1 is 1.16 bits per heavy atom. The zero-order chi connectivity index (χ0) is 13.4. The Hall–Kier alpha value is -2.49. The predicted molar refractivity (Wildman–Crippen MR) is 71.5 cm³/mol. The lowest BCUT2D eigenvalue weighted by atomic mass is 10.0. The first-order chi connectivity index (χ1) is 9.19. The maximum Gasteiger partial charge on any atom is 0.152 e. The molecule has 3 nitrogen and oxygen atoms in total. The van der Waals surface area contributed by atoms with Crippen LogP contribution in [0.3, 0.4) is 0 Å². The normalized spacial score (nSPS) is 10.8. The lowest BCUT2D eigenvalue weighted by molar-refractivity contribution is 0.112. The molecule has 0 radical (unpaired) electrons. The lowest BCUT2D eigenvalue weighted by Crippen LogP contribution is -1.89. The van der Waals surface area contributed by atoms with Gasteiger partial charge in [0.1, 0.15) is 5.82 Å². The second kappa shape index (κ2) is 4.31. The first-order valence-corrected chi connectivity index (χ1v) is 5.85. The van der Waals surface area contributed by atoms with Gasteiger partial charge in [-0.1, -0.05) is 12.1 Å². The van der Waals surface area contributed by atoms with Crippen LogP contribution in [0, 0.1) is 5.82 Å². The molecule has 1 heterocycles. The predicted octanol–water partition coefficient (Wildman–Crippen LogP) is 3.19. The number of halogens is 1. The summed E-state index contributed by atoms with van der Waals surface area (Å²) in [5.41, 5.74) is 3.60. The maximum absolute atomic E-state index is 13.6. The summed E-state index contributed by atoms with van der Waals surface area (Å²) in [6.45, 7) is 0. The second-order valence-corrected chi connectivity index (χ2v) is 4.41. The molecule has 3 rings (SSSR count). The van der Waals surface area contributed by atoms with E-state index < -0.39 is 5.82 Å². The minimum Gasteiger partial charge on any atom is -0.334 e. The first kappa shape index (κ1) is 11.6. The van der Waals surface area contributed by atoms with Crippen molar-refractivity contribution in [3.63, 3.8) is 0 Å². The van der Waals surface area contributed by atoms with Crippen molar-refractivity contribution in [1.29, 1.82) is 0 Å². The molecule has 94 valence electrons. The molecule has 0 spiro atoms. The molecule has 0 aliphatic rings. The summed E-state index contributed by atoms with van der Waals surface area (Å²) in [6.07, 6.45) is 2.26. The highest BCUT2D eigenvalue weighted by Gasteiger charge is 2.06. The van der Waals surface area contributed by atoms with E-state index in [1.807, 2.05) is 29.8 Å². The van der Waals surface area contributed by atoms with Gasteiger partial charge < -0.3 is 4.57 Å². The Morgan fingerprint density at radius 2 is 1.89 bits per heavy atom. The monoisotopic (exact) mass is 254 g/mol. The van der Waals surface area contributed by atoms with Gasteiger partial charge in [-0.25, -0.2) is 9.37 Å². The number of hydrogen-bond donors (Lipinski definition) is 0. The van der Waals surface area contributed by atoms with E-state index in [1.165, 1.54) is 12.1 Å². The van der Waals surface area contributed by atoms with Crippen molar-refractivity contribution in [2.45, 2.75) is 0 Å². The Labute approximate surface area is 109 Å². The first-order valence-electron chi connectivity index (χ1n) is 5.85. The fourth-order valence-corrected chi connectivity index (χ4v) is 2.11. The fourth-order valence-electron chi connectivity index (χ4n) is 2.11. The van der Waals surface area contributed by atoms with Crippen molar-refractivity contribution < 1.29 is 9.18 Å². The molecule has 19 heavy (non-hydrogen) atoms. The number of rotatable bonds is 2. The summed E-state index contributed by atoms with van der Waals surface area (Å²) < 4.78 is 15.5. The van der Waals surface area contributed by atoms with Gasteiger partial charge in [0.25, 0.3) is 0 Å². The van der Waals surface area contributed by atoms with E-state index in [9.17, 15) is 9.18 Å². The molecule has 0 unspecified atom stereocenters. The molecule has 4 heteroatoms. The number of hydrogen-bond acceptors (Lipinski definition) is 2. The van der Waals surface area contributed by atoms with E-state index in [0.717, 1.165) is 22.2 Å². The van der Waals surface area contributed by atoms with Crippen molar-refractivity contribution in [3.8, 4) is 11.1 Å². The van der Waals surface area contributed by atoms with Gasteiger partial charge in [0, 0.05) is 7.05 Å². The topological polar surface area (TPSA) is 34.9 Å². The van der Waals surface area contributed by atoms with Gasteiger partial charge in [-0.15, -0.1) is 0 Å². The Kier molecular flexibility index (Phi) is 2.63. The molecular formula is C15H11FN2O. The molecule has 0 aliphatic heterocycles. The zero-order valence-electron chi connectivity index (χ0n) is 10.3. The van der Waals surface area contributed by atoms with Crippen LogP contribution in [-0.2, 0) is 7.05 Å². The number of nitrogens with zero attached hydrogens (tertiary/aromatic N) is 2. The van der Waals surface area contributed by atoms with Crippen LogP contribution in [0.4, 0.5) is 4.39 Å². The Balaban J connectivity index is 2.15. The highest BCUT2D eigenvalue weighted by Crippen LogP contribution is 2.25. The summed E-state index contributed by atoms with van der Waals surface area (Å²) >= 11 is 0. The van der Waals surface area contributed by atoms with Crippen LogP contribution in [0.1, 0.15) is 10.4 Å². The number of benzene rings is 2. The average molecular weight is 254 g/mol. The van der Waals surface area contributed by atoms with Gasteiger partial charge in [0.05, 0.1) is 22.9 Å². The van der Waals surface area contributed by atoms with E-state index in [2.05, 4.69) is 4.98 Å². The van der Waals surface area contributed by atoms with E-state index in [4.69, 9.17) is 0 Å². The molecule has 0 bridgehead atoms. The van der Waals surface area contributed by atoms with Crippen molar-refractivity contribution in [1.82, 2.24) is 9.55 Å². The quantitative estimate of drug-likeness (QED) is 0.658. The van der Waals surface area contributed by atoms with E-state index in [0.29, 0.717) is 6.29 Å². The van der Waals surface area contributed by atoms with Crippen LogP contribution in [0.25, 0.3) is 22.2 Å². The maximum atomic E-state index is 13.6. The third-order valence-corrected chi connectivity index (χ3v) is 3.19. The third-order valence-electron chi connectivity index (χ3n) is 3.19. The molecular weight excluding hydrogens is 243 g/mol. The smallest absolute Gasteiger partial charge is 0.152 e. The largest absolute Gasteiger partial charge is 0.334 e. The van der Waals surface area contributed by atoms with Crippen LogP contribution in [0.15, 0.2) is 42.7 Å². The number of carbonyl (C=O) groups excluding carboxylic acids is 1. The van der Waals surface area contributed by atoms with Crippen LogP contribution < -0.4 is 0 Å². The standard InChI is InChI=1S/C15H11FN2O/c1-18-9-17-14-5-4-11(7-15(14)18)10-2-3-12(8-19)13(16)6-10/h2-9H,1H3. The van der Waals surface area contributed by atoms with Gasteiger partial charge in [-0.05, 0) is 35.4 Å². The van der Waals surface area contributed by atoms with E-state index in [1.54, 1.807) is 12.4 Å². The molecule has 0 fully saturated rings. The van der Waals surface area contributed by atoms with Crippen LogP contribution in [0.5, 0.6) is 0 Å². The Bertz CT molecular complexity index is 777. The van der Waals surface area contributed by atoms with Gasteiger partial charge in [-0.3, -0.25) is 4.79 Å². The molecule has 2 aromatic carbocycles. The summed E-state index contributed by atoms with van der Waals surface area (Å²) in [5, 5.41) is 0. The minimum absolute atomic E-state index is 0.0744. The summed E-state index contributed by atoms with van der Waals surface area (Å²) in [6, 6.07) is 10.4. The number of fused-ring (bicyclic) bond motifs is 1. The van der Waals surface area contributed by atoms with E-state index in [-0.39, 0.29) is 5.56 Å². The highest BCUT2D eigenvalue weighted by atomic mass is 19.1. The number of aromatic nitrogens is 2. The summed E-state index contributed by atoms with van der Waals surface area (Å²) in [7, 11) is 1.91. The van der Waals surface area contributed by atoms with Gasteiger partial charge in [0.15, 0.2) is 6.29 Å². The molecule has 1 aromatic heterocycles. The molecule has 0 aliphatic carbocycles. The molecule has 0 saturated heterocycles. The van der Waals surface area contributed by atoms with Crippen LogP contribution >= 0.6 is 0 Å². The highest BCUT2D eigenvalue weighted by molar-refractivity contribution is 5.83. The molecule has 0 saturated carbocycles. The zero-order valence-corrected chi connectivity index (χ0v) is 10.3. The molecule has 3 aromatic rings. The summed E-state index contributed by atoms with van der Waals surface area (Å²) in [4.78, 5) is 14.8. The molecule has 0 atom stereocenters. The van der Waals surface area contributed by atoms with E-state index >= 15 is 0 Å². The van der Waals surface area contributed by atoms with Gasteiger partial charge >= 0.3 is 0 Å². The molecule has 0 amide bonds. The number of aryl methyl sites for hydroxylation is 1. The molecule has 0 N–H and O–H groups in total. The second-order valence-electron chi connectivity index (χ2n) is 4.41. The summed E-state index contributed by atoms with van der Waals surface area (Å²) in [5.74, 6) is -0.502. The van der Waals surface area contributed by atoms with Crippen LogP contribution in [0.2, 0.25) is 0 Å². The third kappa shape index (κ3) is 1.91. The van der Waals surface area contributed by atoms with Crippen molar-refractivity contribution in [3.05, 3.63) is 54.1 Å². The van der Waals surface area contributed by atoms with Crippen molar-refractivity contribution >= 4 is 17.3 Å². The minimum atomic E-state index is -0.502. The van der Waals surface area contributed by atoms with Crippen LogP contribution in [-0.4, -0.2) is 15.8 Å². The Morgan fingerprint density at radius 3 is 2.63 bits per heavy atom.